The van der Waals surface area contributed by atoms with Crippen molar-refractivity contribution in [3.05, 3.63) is 17.5 Å². The molecule has 0 aliphatic carbocycles. The Balaban J connectivity index is 2.51. The van der Waals surface area contributed by atoms with Crippen LogP contribution >= 0.6 is 11.6 Å². The van der Waals surface area contributed by atoms with Crippen LogP contribution in [0.3, 0.4) is 0 Å². The van der Waals surface area contributed by atoms with Crippen LogP contribution < -0.4 is 5.32 Å². The standard InChI is InChI=1S/C13H22ClN3O/c1-4-5-11(6-7-14)8-15-13(18)12-9-17(3)16-10(12)2/h9,11H,4-8H2,1-3H3,(H,15,18). The number of alkyl halides is 1. The van der Waals surface area contributed by atoms with Crippen molar-refractivity contribution in [2.45, 2.75) is 33.1 Å². The van der Waals surface area contributed by atoms with Crippen LogP contribution in [0.25, 0.3) is 0 Å². The summed E-state index contributed by atoms with van der Waals surface area (Å²) < 4.78 is 1.66. The Kier molecular flexibility index (Phi) is 6.19. The van der Waals surface area contributed by atoms with Crippen LogP contribution in [0.5, 0.6) is 0 Å². The van der Waals surface area contributed by atoms with Gasteiger partial charge >= 0.3 is 0 Å². The summed E-state index contributed by atoms with van der Waals surface area (Å²) in [6, 6.07) is 0. The largest absolute Gasteiger partial charge is 0.352 e. The Labute approximate surface area is 114 Å². The molecule has 1 rings (SSSR count). The maximum absolute atomic E-state index is 12.0. The third-order valence-corrected chi connectivity index (χ3v) is 3.24. The Hall–Kier alpha value is -1.03. The second kappa shape index (κ2) is 7.41. The van der Waals surface area contributed by atoms with Crippen LogP contribution in [-0.2, 0) is 7.05 Å². The van der Waals surface area contributed by atoms with Gasteiger partial charge in [-0.3, -0.25) is 9.48 Å². The van der Waals surface area contributed by atoms with Crippen molar-refractivity contribution in [3.8, 4) is 0 Å². The lowest BCUT2D eigenvalue weighted by Gasteiger charge is -2.15. The summed E-state index contributed by atoms with van der Waals surface area (Å²) in [5.41, 5.74) is 1.41. The maximum Gasteiger partial charge on any atom is 0.254 e. The predicted molar refractivity (Wildman–Crippen MR) is 74.0 cm³/mol. The van der Waals surface area contributed by atoms with E-state index in [1.165, 1.54) is 0 Å². The van der Waals surface area contributed by atoms with E-state index in [0.29, 0.717) is 23.9 Å². The van der Waals surface area contributed by atoms with Crippen molar-refractivity contribution in [1.29, 1.82) is 0 Å². The highest BCUT2D eigenvalue weighted by atomic mass is 35.5. The molecule has 4 nitrogen and oxygen atoms in total. The van der Waals surface area contributed by atoms with Crippen molar-refractivity contribution in [1.82, 2.24) is 15.1 Å². The second-order valence-corrected chi connectivity index (χ2v) is 5.02. The van der Waals surface area contributed by atoms with Gasteiger partial charge in [0.2, 0.25) is 0 Å². The van der Waals surface area contributed by atoms with Gasteiger partial charge in [-0.15, -0.1) is 11.6 Å². The Morgan fingerprint density at radius 3 is 2.78 bits per heavy atom. The molecule has 0 bridgehead atoms. The fraction of sp³-hybridized carbons (Fsp3) is 0.692. The van der Waals surface area contributed by atoms with Gasteiger partial charge in [0.05, 0.1) is 11.3 Å². The molecule has 0 radical (unpaired) electrons. The van der Waals surface area contributed by atoms with E-state index >= 15 is 0 Å². The van der Waals surface area contributed by atoms with E-state index in [-0.39, 0.29) is 5.91 Å². The highest BCUT2D eigenvalue weighted by Gasteiger charge is 2.14. The lowest BCUT2D eigenvalue weighted by Crippen LogP contribution is -2.29. The first kappa shape index (κ1) is 15.0. The van der Waals surface area contributed by atoms with Gasteiger partial charge in [-0.1, -0.05) is 13.3 Å². The Morgan fingerprint density at radius 1 is 1.56 bits per heavy atom. The lowest BCUT2D eigenvalue weighted by atomic mass is 10.0. The highest BCUT2D eigenvalue weighted by Crippen LogP contribution is 2.12. The van der Waals surface area contributed by atoms with E-state index in [9.17, 15) is 4.79 Å². The molecule has 1 aromatic rings. The molecule has 1 amide bonds. The number of nitrogens with zero attached hydrogens (tertiary/aromatic N) is 2. The van der Waals surface area contributed by atoms with Crippen LogP contribution in [0.2, 0.25) is 0 Å². The highest BCUT2D eigenvalue weighted by molar-refractivity contribution is 6.17. The van der Waals surface area contributed by atoms with Crippen LogP contribution in [0.4, 0.5) is 0 Å². The van der Waals surface area contributed by atoms with Gasteiger partial charge in [-0.25, -0.2) is 0 Å². The second-order valence-electron chi connectivity index (χ2n) is 4.64. The first-order chi connectivity index (χ1) is 8.58. The molecule has 1 atom stereocenters. The van der Waals surface area contributed by atoms with Gasteiger partial charge < -0.3 is 5.32 Å². The quantitative estimate of drug-likeness (QED) is 0.775. The fourth-order valence-corrected chi connectivity index (χ4v) is 2.37. The molecule has 0 aliphatic heterocycles. The number of aryl methyl sites for hydroxylation is 2. The van der Waals surface area contributed by atoms with Crippen molar-refractivity contribution in [3.63, 3.8) is 0 Å². The summed E-state index contributed by atoms with van der Waals surface area (Å²) in [5, 5.41) is 7.14. The van der Waals surface area contributed by atoms with Gasteiger partial charge in [-0.05, 0) is 25.7 Å². The topological polar surface area (TPSA) is 46.9 Å². The van der Waals surface area contributed by atoms with Gasteiger partial charge in [0, 0.05) is 25.7 Å². The molecule has 0 spiro atoms. The zero-order chi connectivity index (χ0) is 13.5. The van der Waals surface area contributed by atoms with Crippen molar-refractivity contribution in [2.75, 3.05) is 12.4 Å². The maximum atomic E-state index is 12.0. The van der Waals surface area contributed by atoms with Gasteiger partial charge in [0.15, 0.2) is 0 Å². The minimum Gasteiger partial charge on any atom is -0.352 e. The number of carbonyl (C=O) groups excluding carboxylic acids is 1. The first-order valence-corrected chi connectivity index (χ1v) is 6.96. The smallest absolute Gasteiger partial charge is 0.254 e. The number of hydrogen-bond donors (Lipinski definition) is 1. The average Bonchev–Trinajstić information content (AvgIpc) is 2.65. The summed E-state index contributed by atoms with van der Waals surface area (Å²) in [5.74, 6) is 1.07. The van der Waals surface area contributed by atoms with E-state index < -0.39 is 0 Å². The van der Waals surface area contributed by atoms with Crippen molar-refractivity contribution < 1.29 is 4.79 Å². The molecule has 0 aromatic carbocycles. The third-order valence-electron chi connectivity index (χ3n) is 3.02. The Bertz CT molecular complexity index is 384. The summed E-state index contributed by atoms with van der Waals surface area (Å²) in [6.45, 7) is 4.68. The average molecular weight is 272 g/mol. The Morgan fingerprint density at radius 2 is 2.28 bits per heavy atom. The fourth-order valence-electron chi connectivity index (χ4n) is 2.07. The van der Waals surface area contributed by atoms with Crippen molar-refractivity contribution >= 4 is 17.5 Å². The monoisotopic (exact) mass is 271 g/mol. The number of nitrogens with one attached hydrogen (secondary N) is 1. The lowest BCUT2D eigenvalue weighted by molar-refractivity contribution is 0.0945. The van der Waals surface area contributed by atoms with E-state index in [2.05, 4.69) is 17.3 Å². The molecule has 0 saturated heterocycles. The normalized spacial score (nSPS) is 12.4. The molecule has 1 unspecified atom stereocenters. The summed E-state index contributed by atoms with van der Waals surface area (Å²) in [6.07, 6.45) is 4.91. The molecule has 1 heterocycles. The molecule has 102 valence electrons. The number of carbonyl (C=O) groups is 1. The molecule has 0 aliphatic rings. The van der Waals surface area contributed by atoms with Gasteiger partial charge in [-0.2, -0.15) is 5.10 Å². The number of halogens is 1. The molecule has 1 aromatic heterocycles. The minimum absolute atomic E-state index is 0.0451. The number of aromatic nitrogens is 2. The summed E-state index contributed by atoms with van der Waals surface area (Å²) in [7, 11) is 1.82. The minimum atomic E-state index is -0.0451. The third kappa shape index (κ3) is 4.33. The molecule has 5 heteroatoms. The molecular formula is C13H22ClN3O. The zero-order valence-electron chi connectivity index (χ0n) is 11.4. The van der Waals surface area contributed by atoms with Crippen molar-refractivity contribution in [2.24, 2.45) is 13.0 Å². The van der Waals surface area contributed by atoms with E-state index in [1.807, 2.05) is 14.0 Å². The predicted octanol–water partition coefficient (Wildman–Crippen LogP) is 2.50. The number of rotatable bonds is 7. The van der Waals surface area contributed by atoms with Gasteiger partial charge in [0.25, 0.3) is 5.91 Å². The summed E-state index contributed by atoms with van der Waals surface area (Å²) >= 11 is 5.77. The van der Waals surface area contributed by atoms with Crippen LogP contribution in [0, 0.1) is 12.8 Å². The molecule has 0 saturated carbocycles. The zero-order valence-corrected chi connectivity index (χ0v) is 12.1. The molecule has 1 N–H and O–H groups in total. The summed E-state index contributed by atoms with van der Waals surface area (Å²) in [4.78, 5) is 12.0. The first-order valence-electron chi connectivity index (χ1n) is 6.42. The molecule has 18 heavy (non-hydrogen) atoms. The van der Waals surface area contributed by atoms with Crippen LogP contribution in [-0.4, -0.2) is 28.1 Å². The van der Waals surface area contributed by atoms with E-state index in [4.69, 9.17) is 11.6 Å². The van der Waals surface area contributed by atoms with E-state index in [1.54, 1.807) is 10.9 Å². The molecular weight excluding hydrogens is 250 g/mol. The molecule has 0 fully saturated rings. The van der Waals surface area contributed by atoms with E-state index in [0.717, 1.165) is 25.0 Å². The SMILES string of the molecule is CCCC(CCCl)CNC(=O)c1cn(C)nc1C. The number of amides is 1. The number of hydrogen-bond acceptors (Lipinski definition) is 2. The van der Waals surface area contributed by atoms with Gasteiger partial charge in [0.1, 0.15) is 0 Å². The van der Waals surface area contributed by atoms with Crippen LogP contribution in [0.1, 0.15) is 42.2 Å². The van der Waals surface area contributed by atoms with Crippen LogP contribution in [0.15, 0.2) is 6.20 Å².